The molecule has 0 aliphatic carbocycles. The molecule has 0 amide bonds. The minimum absolute atomic E-state index is 0.420. The Kier molecular flexibility index (Phi) is 4.56. The van der Waals surface area contributed by atoms with Crippen LogP contribution in [0.4, 0.5) is 0 Å². The molecule has 0 saturated heterocycles. The highest BCUT2D eigenvalue weighted by molar-refractivity contribution is 7.90. The van der Waals surface area contributed by atoms with Crippen LogP contribution >= 0.6 is 0 Å². The van der Waals surface area contributed by atoms with Crippen molar-refractivity contribution in [2.75, 3.05) is 19.8 Å². The topological polar surface area (TPSA) is 55.2 Å². The van der Waals surface area contributed by atoms with Gasteiger partial charge in [-0.25, -0.2) is 8.42 Å². The van der Waals surface area contributed by atoms with Gasteiger partial charge in [0.15, 0.2) is 9.84 Å². The van der Waals surface area contributed by atoms with Crippen molar-refractivity contribution in [1.82, 2.24) is 14.5 Å². The molecule has 1 unspecified atom stereocenters. The average Bonchev–Trinajstić information content (AvgIpc) is 2.91. The van der Waals surface area contributed by atoms with Crippen LogP contribution in [0.3, 0.4) is 0 Å². The van der Waals surface area contributed by atoms with E-state index in [4.69, 9.17) is 0 Å². The van der Waals surface area contributed by atoms with E-state index < -0.39 is 15.1 Å². The number of likely N-dealkylation sites (N-methyl/N-ethyl adjacent to an activating group) is 1. The van der Waals surface area contributed by atoms with E-state index in [-0.39, 0.29) is 0 Å². The molecule has 6 heteroatoms. The van der Waals surface area contributed by atoms with Crippen LogP contribution in [0.2, 0.25) is 0 Å². The summed E-state index contributed by atoms with van der Waals surface area (Å²) >= 11 is 0. The highest BCUT2D eigenvalue weighted by Crippen LogP contribution is 2.34. The van der Waals surface area contributed by atoms with Gasteiger partial charge in [-0.1, -0.05) is 17.7 Å². The number of hydrogen-bond acceptors (Lipinski definition) is 4. The summed E-state index contributed by atoms with van der Waals surface area (Å²) in [6, 6.07) is 10.1. The number of benzene rings is 1. The molecule has 1 aromatic carbocycles. The van der Waals surface area contributed by atoms with Crippen LogP contribution in [-0.2, 0) is 29.3 Å². The van der Waals surface area contributed by atoms with Crippen molar-refractivity contribution in [3.8, 4) is 0 Å². The van der Waals surface area contributed by atoms with E-state index in [9.17, 15) is 8.42 Å². The highest BCUT2D eigenvalue weighted by Gasteiger charge is 2.28. The number of pyridine rings is 1. The van der Waals surface area contributed by atoms with E-state index in [2.05, 4.69) is 46.6 Å². The van der Waals surface area contributed by atoms with Gasteiger partial charge in [0.2, 0.25) is 0 Å². The second-order valence-corrected chi connectivity index (χ2v) is 9.88. The molecule has 3 heterocycles. The van der Waals surface area contributed by atoms with Gasteiger partial charge >= 0.3 is 0 Å². The van der Waals surface area contributed by atoms with E-state index in [0.717, 1.165) is 30.6 Å². The first-order chi connectivity index (χ1) is 12.8. The number of sulfone groups is 1. The van der Waals surface area contributed by atoms with Gasteiger partial charge in [0, 0.05) is 61.3 Å². The van der Waals surface area contributed by atoms with E-state index >= 15 is 0 Å². The first-order valence-corrected chi connectivity index (χ1v) is 11.2. The standard InChI is InChI=1S/C21H25N3O2S/c1-15-6-7-19-17(11-15)18-13-23(2)10-8-20(18)24(19)14-21(27(3,25)26)16-5-4-9-22-12-16/h4-7,9,11-12,21H,8,10,13-14H2,1-3H3. The average molecular weight is 384 g/mol. The summed E-state index contributed by atoms with van der Waals surface area (Å²) in [6.45, 7) is 4.41. The number of nitrogens with zero attached hydrogens (tertiary/aromatic N) is 3. The third kappa shape index (κ3) is 3.39. The molecule has 0 spiro atoms. The van der Waals surface area contributed by atoms with E-state index in [1.807, 2.05) is 6.07 Å². The predicted molar refractivity (Wildman–Crippen MR) is 109 cm³/mol. The number of fused-ring (bicyclic) bond motifs is 3. The summed E-state index contributed by atoms with van der Waals surface area (Å²) in [5.41, 5.74) is 5.70. The van der Waals surface area contributed by atoms with E-state index in [0.29, 0.717) is 6.54 Å². The third-order valence-electron chi connectivity index (χ3n) is 5.52. The Morgan fingerprint density at radius 2 is 2.07 bits per heavy atom. The first-order valence-electron chi connectivity index (χ1n) is 9.22. The zero-order valence-corrected chi connectivity index (χ0v) is 16.8. The molecule has 2 aromatic heterocycles. The Balaban J connectivity index is 1.88. The first kappa shape index (κ1) is 18.2. The molecule has 4 rings (SSSR count). The molecule has 0 N–H and O–H groups in total. The van der Waals surface area contributed by atoms with Gasteiger partial charge in [-0.15, -0.1) is 0 Å². The summed E-state index contributed by atoms with van der Waals surface area (Å²) in [4.78, 5) is 6.46. The van der Waals surface area contributed by atoms with E-state index in [1.54, 1.807) is 18.5 Å². The van der Waals surface area contributed by atoms with Crippen LogP contribution in [-0.4, -0.2) is 42.7 Å². The van der Waals surface area contributed by atoms with Crippen molar-refractivity contribution >= 4 is 20.7 Å². The van der Waals surface area contributed by atoms with Crippen molar-refractivity contribution in [3.05, 3.63) is 65.1 Å². The van der Waals surface area contributed by atoms with Crippen LogP contribution in [0.5, 0.6) is 0 Å². The van der Waals surface area contributed by atoms with E-state index in [1.165, 1.54) is 28.5 Å². The lowest BCUT2D eigenvalue weighted by molar-refractivity contribution is 0.309. The van der Waals surface area contributed by atoms with Gasteiger partial charge in [0.1, 0.15) is 5.25 Å². The van der Waals surface area contributed by atoms with Crippen LogP contribution in [0.15, 0.2) is 42.7 Å². The number of aryl methyl sites for hydroxylation is 1. The van der Waals surface area contributed by atoms with Crippen LogP contribution in [0, 0.1) is 6.92 Å². The van der Waals surface area contributed by atoms with Crippen LogP contribution < -0.4 is 0 Å². The lowest BCUT2D eigenvalue weighted by Gasteiger charge is -2.25. The van der Waals surface area contributed by atoms with Crippen molar-refractivity contribution in [1.29, 1.82) is 0 Å². The fourth-order valence-electron chi connectivity index (χ4n) is 4.13. The Hall–Kier alpha value is -2.18. The fourth-order valence-corrected chi connectivity index (χ4v) is 5.18. The second-order valence-electron chi connectivity index (χ2n) is 7.65. The summed E-state index contributed by atoms with van der Waals surface area (Å²) in [6.07, 6.45) is 5.60. The molecule has 0 bridgehead atoms. The van der Waals surface area contributed by atoms with Crippen molar-refractivity contribution in [2.45, 2.75) is 31.7 Å². The largest absolute Gasteiger partial charge is 0.343 e. The van der Waals surface area contributed by atoms with Crippen LogP contribution in [0.1, 0.15) is 27.6 Å². The van der Waals surface area contributed by atoms with Gasteiger partial charge in [0.05, 0.1) is 0 Å². The Morgan fingerprint density at radius 3 is 2.78 bits per heavy atom. The molecule has 142 valence electrons. The molecule has 0 saturated carbocycles. The Bertz CT molecular complexity index is 1090. The summed E-state index contributed by atoms with van der Waals surface area (Å²) < 4.78 is 27.5. The predicted octanol–water partition coefficient (Wildman–Crippen LogP) is 3.12. The highest BCUT2D eigenvalue weighted by atomic mass is 32.2. The van der Waals surface area contributed by atoms with Gasteiger partial charge < -0.3 is 9.47 Å². The molecule has 1 aliphatic rings. The molecule has 1 atom stereocenters. The smallest absolute Gasteiger partial charge is 0.156 e. The monoisotopic (exact) mass is 383 g/mol. The van der Waals surface area contributed by atoms with Gasteiger partial charge in [0.25, 0.3) is 0 Å². The fraction of sp³-hybridized carbons (Fsp3) is 0.381. The van der Waals surface area contributed by atoms with Crippen molar-refractivity contribution < 1.29 is 8.42 Å². The maximum atomic E-state index is 12.6. The molecule has 0 radical (unpaired) electrons. The van der Waals surface area contributed by atoms with Crippen LogP contribution in [0.25, 0.3) is 10.9 Å². The summed E-state index contributed by atoms with van der Waals surface area (Å²) in [5, 5.41) is 0.641. The molecule has 1 aliphatic heterocycles. The minimum atomic E-state index is -3.28. The lowest BCUT2D eigenvalue weighted by atomic mass is 10.0. The molecule has 5 nitrogen and oxygen atoms in total. The van der Waals surface area contributed by atoms with Gasteiger partial charge in [-0.2, -0.15) is 0 Å². The maximum Gasteiger partial charge on any atom is 0.156 e. The third-order valence-corrected chi connectivity index (χ3v) is 6.98. The van der Waals surface area contributed by atoms with Gasteiger partial charge in [-0.05, 0) is 43.3 Å². The minimum Gasteiger partial charge on any atom is -0.343 e. The maximum absolute atomic E-state index is 12.6. The number of hydrogen-bond donors (Lipinski definition) is 0. The quantitative estimate of drug-likeness (QED) is 0.695. The van der Waals surface area contributed by atoms with Crippen molar-refractivity contribution in [3.63, 3.8) is 0 Å². The Morgan fingerprint density at radius 1 is 1.26 bits per heavy atom. The molecular formula is C21H25N3O2S. The SMILES string of the molecule is Cc1ccc2c(c1)c1c(n2CC(c2cccnc2)S(C)(=O)=O)CCN(C)C1. The zero-order chi connectivity index (χ0) is 19.2. The lowest BCUT2D eigenvalue weighted by Crippen LogP contribution is -2.28. The zero-order valence-electron chi connectivity index (χ0n) is 16.0. The molecule has 27 heavy (non-hydrogen) atoms. The van der Waals surface area contributed by atoms with Gasteiger partial charge in [-0.3, -0.25) is 4.98 Å². The summed E-state index contributed by atoms with van der Waals surface area (Å²) in [5.74, 6) is 0. The molecule has 0 fully saturated rings. The molecular weight excluding hydrogens is 358 g/mol. The normalized spacial score (nSPS) is 16.4. The molecule has 3 aromatic rings. The van der Waals surface area contributed by atoms with Crippen molar-refractivity contribution in [2.24, 2.45) is 0 Å². The number of aromatic nitrogens is 2. The Labute approximate surface area is 160 Å². The number of rotatable bonds is 4. The second kappa shape index (κ2) is 6.77. The summed E-state index contributed by atoms with van der Waals surface area (Å²) in [7, 11) is -1.14.